The van der Waals surface area contributed by atoms with Gasteiger partial charge in [-0.25, -0.2) is 4.39 Å². The molecule has 2 atom stereocenters. The quantitative estimate of drug-likeness (QED) is 0.923. The van der Waals surface area contributed by atoms with Gasteiger partial charge >= 0.3 is 0 Å². The Morgan fingerprint density at radius 2 is 2.09 bits per heavy atom. The van der Waals surface area contributed by atoms with Crippen molar-refractivity contribution in [2.45, 2.75) is 19.8 Å². The van der Waals surface area contributed by atoms with Crippen LogP contribution in [0.25, 0.3) is 0 Å². The third-order valence-corrected chi connectivity index (χ3v) is 5.47. The van der Waals surface area contributed by atoms with Crippen molar-refractivity contribution in [1.82, 2.24) is 4.90 Å². The Kier molecular flexibility index (Phi) is 4.90. The zero-order valence-corrected chi connectivity index (χ0v) is 14.0. The molecule has 0 spiro atoms. The molecular weight excluding hydrogens is 315 g/mol. The number of thioether (sulfide) groups is 1. The molecule has 0 aromatic heterocycles. The molecule has 0 bridgehead atoms. The minimum absolute atomic E-state index is 0.0117. The maximum Gasteiger partial charge on any atom is 0.256 e. The lowest BCUT2D eigenvalue weighted by Gasteiger charge is -2.21. The largest absolute Gasteiger partial charge is 0.338 e. The second-order valence-corrected chi connectivity index (χ2v) is 7.48. The van der Waals surface area contributed by atoms with Crippen molar-refractivity contribution in [3.8, 4) is 0 Å². The molecule has 1 saturated carbocycles. The Bertz CT molecular complexity index is 615. The first-order chi connectivity index (χ1) is 11.1. The van der Waals surface area contributed by atoms with Gasteiger partial charge in [-0.15, -0.1) is 0 Å². The highest BCUT2D eigenvalue weighted by molar-refractivity contribution is 7.99. The van der Waals surface area contributed by atoms with Crippen molar-refractivity contribution in [3.63, 3.8) is 0 Å². The van der Waals surface area contributed by atoms with Gasteiger partial charge in [0.05, 0.1) is 11.3 Å². The van der Waals surface area contributed by atoms with Crippen molar-refractivity contribution in [1.29, 1.82) is 0 Å². The summed E-state index contributed by atoms with van der Waals surface area (Å²) in [5.41, 5.74) is 0.663. The molecule has 0 radical (unpaired) electrons. The van der Waals surface area contributed by atoms with E-state index in [4.69, 9.17) is 0 Å². The van der Waals surface area contributed by atoms with Gasteiger partial charge in [0, 0.05) is 24.8 Å². The van der Waals surface area contributed by atoms with Crippen molar-refractivity contribution < 1.29 is 14.0 Å². The molecule has 1 heterocycles. The van der Waals surface area contributed by atoms with Gasteiger partial charge < -0.3 is 10.2 Å². The second-order valence-electron chi connectivity index (χ2n) is 6.26. The molecule has 124 valence electrons. The van der Waals surface area contributed by atoms with E-state index in [-0.39, 0.29) is 23.3 Å². The van der Waals surface area contributed by atoms with E-state index >= 15 is 0 Å². The van der Waals surface area contributed by atoms with Crippen LogP contribution in [0.3, 0.4) is 0 Å². The molecule has 1 aliphatic carbocycles. The number of carbonyl (C=O) groups excluding carboxylic acids is 2. The zero-order chi connectivity index (χ0) is 16.4. The summed E-state index contributed by atoms with van der Waals surface area (Å²) < 4.78 is 13.6. The minimum atomic E-state index is -0.463. The average Bonchev–Trinajstić information content (AvgIpc) is 3.30. The van der Waals surface area contributed by atoms with Gasteiger partial charge in [-0.05, 0) is 42.7 Å². The number of rotatable bonds is 3. The normalized spacial score (nSPS) is 24.0. The number of hydrogen-bond acceptors (Lipinski definition) is 3. The number of hydrogen-bond donors (Lipinski definition) is 1. The maximum absolute atomic E-state index is 13.6. The first kappa shape index (κ1) is 16.3. The standard InChI is InChI=1S/C17H21FN2O2S/c1-11-9-13(11)16(21)19-15-4-3-12(18)10-14(15)17(22)20-5-2-7-23-8-6-20/h3-4,10-11,13H,2,5-9H2,1H3,(H,19,21). The lowest BCUT2D eigenvalue weighted by molar-refractivity contribution is -0.117. The molecular formula is C17H21FN2O2S. The first-order valence-corrected chi connectivity index (χ1v) is 9.19. The number of nitrogens with one attached hydrogen (secondary N) is 1. The van der Waals surface area contributed by atoms with Crippen LogP contribution in [0.5, 0.6) is 0 Å². The Balaban J connectivity index is 1.80. The lowest BCUT2D eigenvalue weighted by atomic mass is 10.1. The Morgan fingerprint density at radius 3 is 2.83 bits per heavy atom. The van der Waals surface area contributed by atoms with Crippen molar-refractivity contribution in [3.05, 3.63) is 29.6 Å². The van der Waals surface area contributed by atoms with Gasteiger partial charge in [0.2, 0.25) is 5.91 Å². The summed E-state index contributed by atoms with van der Waals surface area (Å²) in [4.78, 5) is 26.7. The summed E-state index contributed by atoms with van der Waals surface area (Å²) in [6, 6.07) is 3.99. The maximum atomic E-state index is 13.6. The Morgan fingerprint density at radius 1 is 1.30 bits per heavy atom. The number of amides is 2. The zero-order valence-electron chi connectivity index (χ0n) is 13.2. The van der Waals surface area contributed by atoms with E-state index in [1.54, 1.807) is 4.90 Å². The van der Waals surface area contributed by atoms with Crippen molar-refractivity contribution >= 4 is 29.3 Å². The Hall–Kier alpha value is -1.56. The van der Waals surface area contributed by atoms with E-state index in [2.05, 4.69) is 5.32 Å². The van der Waals surface area contributed by atoms with Gasteiger partial charge in [0.15, 0.2) is 0 Å². The highest BCUT2D eigenvalue weighted by Crippen LogP contribution is 2.38. The van der Waals surface area contributed by atoms with Crippen LogP contribution >= 0.6 is 11.8 Å². The summed E-state index contributed by atoms with van der Waals surface area (Å²) >= 11 is 1.82. The summed E-state index contributed by atoms with van der Waals surface area (Å²) in [5.74, 6) is 1.58. The van der Waals surface area contributed by atoms with E-state index in [1.165, 1.54) is 18.2 Å². The summed E-state index contributed by atoms with van der Waals surface area (Å²) in [6.45, 7) is 3.36. The fourth-order valence-electron chi connectivity index (χ4n) is 2.83. The number of carbonyl (C=O) groups is 2. The van der Waals surface area contributed by atoms with Crippen LogP contribution in [0.1, 0.15) is 30.1 Å². The molecule has 6 heteroatoms. The van der Waals surface area contributed by atoms with E-state index in [0.717, 1.165) is 24.3 Å². The fourth-order valence-corrected chi connectivity index (χ4v) is 3.72. The van der Waals surface area contributed by atoms with Crippen LogP contribution in [0.2, 0.25) is 0 Å². The predicted molar refractivity (Wildman–Crippen MR) is 90.1 cm³/mol. The van der Waals surface area contributed by atoms with E-state index < -0.39 is 5.82 Å². The molecule has 23 heavy (non-hydrogen) atoms. The van der Waals surface area contributed by atoms with Crippen molar-refractivity contribution in [2.75, 3.05) is 29.9 Å². The van der Waals surface area contributed by atoms with Crippen LogP contribution in [-0.2, 0) is 4.79 Å². The molecule has 2 aliphatic rings. The highest BCUT2D eigenvalue weighted by atomic mass is 32.2. The summed E-state index contributed by atoms with van der Waals surface area (Å²) in [6.07, 6.45) is 1.81. The molecule has 1 N–H and O–H groups in total. The van der Waals surface area contributed by atoms with E-state index in [1.807, 2.05) is 18.7 Å². The van der Waals surface area contributed by atoms with Crippen LogP contribution in [0.4, 0.5) is 10.1 Å². The first-order valence-electron chi connectivity index (χ1n) is 8.03. The summed E-state index contributed by atoms with van der Waals surface area (Å²) in [7, 11) is 0. The topological polar surface area (TPSA) is 49.4 Å². The number of nitrogens with zero attached hydrogens (tertiary/aromatic N) is 1. The fraction of sp³-hybridized carbons (Fsp3) is 0.529. The molecule has 2 amide bonds. The average molecular weight is 336 g/mol. The van der Waals surface area contributed by atoms with E-state index in [9.17, 15) is 14.0 Å². The summed E-state index contributed by atoms with van der Waals surface area (Å²) in [5, 5.41) is 2.81. The molecule has 1 saturated heterocycles. The van der Waals surface area contributed by atoms with E-state index in [0.29, 0.717) is 24.7 Å². The van der Waals surface area contributed by atoms with Gasteiger partial charge in [-0.2, -0.15) is 11.8 Å². The SMILES string of the molecule is CC1CC1C(=O)Nc1ccc(F)cc1C(=O)N1CCCSCC1. The van der Waals surface area contributed by atoms with Gasteiger partial charge in [0.1, 0.15) is 5.82 Å². The molecule has 1 aromatic rings. The molecule has 1 aromatic carbocycles. The number of anilines is 1. The van der Waals surface area contributed by atoms with Crippen LogP contribution in [-0.4, -0.2) is 41.3 Å². The third-order valence-electron chi connectivity index (χ3n) is 4.43. The molecule has 1 aliphatic heterocycles. The van der Waals surface area contributed by atoms with Gasteiger partial charge in [-0.3, -0.25) is 9.59 Å². The smallest absolute Gasteiger partial charge is 0.256 e. The molecule has 2 fully saturated rings. The van der Waals surface area contributed by atoms with Gasteiger partial charge in [-0.1, -0.05) is 6.92 Å². The second kappa shape index (κ2) is 6.91. The number of halogens is 1. The molecule has 3 rings (SSSR count). The number of benzene rings is 1. The highest BCUT2D eigenvalue weighted by Gasteiger charge is 2.39. The predicted octanol–water partition coefficient (Wildman–Crippen LogP) is 3.00. The third kappa shape index (κ3) is 3.86. The molecule has 4 nitrogen and oxygen atoms in total. The van der Waals surface area contributed by atoms with Gasteiger partial charge in [0.25, 0.3) is 5.91 Å². The monoisotopic (exact) mass is 336 g/mol. The van der Waals surface area contributed by atoms with Crippen LogP contribution in [0, 0.1) is 17.7 Å². The Labute approximate surface area is 139 Å². The van der Waals surface area contributed by atoms with Crippen LogP contribution < -0.4 is 5.32 Å². The van der Waals surface area contributed by atoms with Crippen LogP contribution in [0.15, 0.2) is 18.2 Å². The van der Waals surface area contributed by atoms with Crippen molar-refractivity contribution in [2.24, 2.45) is 11.8 Å². The lowest BCUT2D eigenvalue weighted by Crippen LogP contribution is -2.33. The minimum Gasteiger partial charge on any atom is -0.338 e. The molecule has 2 unspecified atom stereocenters.